The predicted molar refractivity (Wildman–Crippen MR) is 75.3 cm³/mol. The minimum absolute atomic E-state index is 0.143. The van der Waals surface area contributed by atoms with E-state index in [2.05, 4.69) is 9.71 Å². The van der Waals surface area contributed by atoms with Gasteiger partial charge in [-0.15, -0.1) is 0 Å². The molecular formula is C13H14FN3O2S. The van der Waals surface area contributed by atoms with E-state index in [-0.39, 0.29) is 5.69 Å². The van der Waals surface area contributed by atoms with Crippen LogP contribution >= 0.6 is 0 Å². The lowest BCUT2D eigenvalue weighted by molar-refractivity contribution is 0.571. The first-order valence-electron chi connectivity index (χ1n) is 5.82. The van der Waals surface area contributed by atoms with Crippen molar-refractivity contribution >= 4 is 21.4 Å². The van der Waals surface area contributed by atoms with Crippen LogP contribution in [0.15, 0.2) is 35.2 Å². The van der Waals surface area contributed by atoms with E-state index < -0.39 is 20.7 Å². The Morgan fingerprint density at radius 3 is 2.50 bits per heavy atom. The van der Waals surface area contributed by atoms with Crippen molar-refractivity contribution in [3.63, 3.8) is 0 Å². The van der Waals surface area contributed by atoms with Gasteiger partial charge in [0.2, 0.25) is 0 Å². The third kappa shape index (κ3) is 2.72. The highest BCUT2D eigenvalue weighted by Gasteiger charge is 2.23. The summed E-state index contributed by atoms with van der Waals surface area (Å²) in [7, 11) is -4.10. The SMILES string of the molecule is Cc1ccc(NS(=O)(=O)c2c(N)cccc2F)c(C)n1. The first kappa shape index (κ1) is 14.3. The zero-order valence-electron chi connectivity index (χ0n) is 11.0. The highest BCUT2D eigenvalue weighted by Crippen LogP contribution is 2.25. The number of halogens is 1. The van der Waals surface area contributed by atoms with Crippen LogP contribution in [0.2, 0.25) is 0 Å². The van der Waals surface area contributed by atoms with Gasteiger partial charge >= 0.3 is 0 Å². The molecule has 0 aliphatic carbocycles. The first-order chi connectivity index (χ1) is 9.31. The summed E-state index contributed by atoms with van der Waals surface area (Å²) in [5, 5.41) is 0. The highest BCUT2D eigenvalue weighted by atomic mass is 32.2. The number of benzene rings is 1. The number of aryl methyl sites for hydroxylation is 2. The lowest BCUT2D eigenvalue weighted by Crippen LogP contribution is -2.17. The van der Waals surface area contributed by atoms with Gasteiger partial charge in [0, 0.05) is 5.69 Å². The summed E-state index contributed by atoms with van der Waals surface area (Å²) in [6, 6.07) is 6.97. The Morgan fingerprint density at radius 1 is 1.20 bits per heavy atom. The molecule has 2 aromatic rings. The van der Waals surface area contributed by atoms with Gasteiger partial charge in [0.25, 0.3) is 10.0 Å². The van der Waals surface area contributed by atoms with Crippen LogP contribution in [0.1, 0.15) is 11.4 Å². The molecule has 0 aliphatic rings. The Balaban J connectivity index is 2.46. The normalized spacial score (nSPS) is 11.3. The zero-order chi connectivity index (χ0) is 14.9. The maximum absolute atomic E-state index is 13.7. The van der Waals surface area contributed by atoms with Gasteiger partial charge in [0.05, 0.1) is 17.1 Å². The van der Waals surface area contributed by atoms with Crippen LogP contribution in [-0.4, -0.2) is 13.4 Å². The fraction of sp³-hybridized carbons (Fsp3) is 0.154. The van der Waals surface area contributed by atoms with Gasteiger partial charge in [-0.2, -0.15) is 0 Å². The standard InChI is InChI=1S/C13H14FN3O2S/c1-8-6-7-12(9(2)16-8)17-20(18,19)13-10(14)4-3-5-11(13)15/h3-7,17H,15H2,1-2H3. The Kier molecular flexibility index (Phi) is 3.63. The largest absolute Gasteiger partial charge is 0.398 e. The average molecular weight is 295 g/mol. The van der Waals surface area contributed by atoms with E-state index in [1.165, 1.54) is 12.1 Å². The van der Waals surface area contributed by atoms with Crippen molar-refractivity contribution < 1.29 is 12.8 Å². The lowest BCUT2D eigenvalue weighted by atomic mass is 10.3. The summed E-state index contributed by atoms with van der Waals surface area (Å²) in [4.78, 5) is 3.59. The number of nitrogens with zero attached hydrogens (tertiary/aromatic N) is 1. The van der Waals surface area contributed by atoms with Gasteiger partial charge in [0.15, 0.2) is 0 Å². The molecule has 0 unspecified atom stereocenters. The van der Waals surface area contributed by atoms with Gasteiger partial charge in [0.1, 0.15) is 10.7 Å². The minimum atomic E-state index is -4.10. The van der Waals surface area contributed by atoms with Crippen LogP contribution in [0, 0.1) is 19.7 Å². The van der Waals surface area contributed by atoms with Crippen molar-refractivity contribution in [3.8, 4) is 0 Å². The van der Waals surface area contributed by atoms with Crippen molar-refractivity contribution in [2.45, 2.75) is 18.7 Å². The number of hydrogen-bond acceptors (Lipinski definition) is 4. The van der Waals surface area contributed by atoms with Crippen molar-refractivity contribution in [1.29, 1.82) is 0 Å². The molecule has 0 radical (unpaired) electrons. The number of pyridine rings is 1. The summed E-state index contributed by atoms with van der Waals surface area (Å²) in [5.41, 5.74) is 6.96. The number of nitrogens with one attached hydrogen (secondary N) is 1. The molecule has 5 nitrogen and oxygen atoms in total. The summed E-state index contributed by atoms with van der Waals surface area (Å²) >= 11 is 0. The smallest absolute Gasteiger partial charge is 0.266 e. The molecule has 0 amide bonds. The van der Waals surface area contributed by atoms with Crippen LogP contribution in [0.3, 0.4) is 0 Å². The van der Waals surface area contributed by atoms with E-state index in [1.54, 1.807) is 26.0 Å². The van der Waals surface area contributed by atoms with E-state index in [0.717, 1.165) is 11.8 Å². The monoisotopic (exact) mass is 295 g/mol. The third-order valence-corrected chi connectivity index (χ3v) is 4.19. The van der Waals surface area contributed by atoms with Crippen molar-refractivity contribution in [2.75, 3.05) is 10.5 Å². The molecule has 0 spiro atoms. The first-order valence-corrected chi connectivity index (χ1v) is 7.30. The van der Waals surface area contributed by atoms with E-state index >= 15 is 0 Å². The molecule has 1 aromatic heterocycles. The minimum Gasteiger partial charge on any atom is -0.398 e. The molecule has 7 heteroatoms. The third-order valence-electron chi connectivity index (χ3n) is 2.74. The second-order valence-corrected chi connectivity index (χ2v) is 5.97. The molecule has 2 rings (SSSR count). The molecule has 106 valence electrons. The number of sulfonamides is 1. The number of rotatable bonds is 3. The van der Waals surface area contributed by atoms with Crippen LogP contribution in [0.4, 0.5) is 15.8 Å². The summed E-state index contributed by atoms with van der Waals surface area (Å²) in [5.74, 6) is -0.893. The summed E-state index contributed by atoms with van der Waals surface area (Å²) in [6.45, 7) is 3.45. The number of nitrogen functional groups attached to an aromatic ring is 1. The van der Waals surface area contributed by atoms with Crippen molar-refractivity contribution in [1.82, 2.24) is 4.98 Å². The highest BCUT2D eigenvalue weighted by molar-refractivity contribution is 7.92. The summed E-state index contributed by atoms with van der Waals surface area (Å²) < 4.78 is 40.4. The van der Waals surface area contributed by atoms with Gasteiger partial charge in [-0.3, -0.25) is 9.71 Å². The fourth-order valence-electron chi connectivity index (χ4n) is 1.80. The maximum Gasteiger partial charge on any atom is 0.266 e. The van der Waals surface area contributed by atoms with Crippen LogP contribution in [-0.2, 0) is 10.0 Å². The molecular weight excluding hydrogens is 281 g/mol. The zero-order valence-corrected chi connectivity index (χ0v) is 11.8. The molecule has 0 saturated carbocycles. The molecule has 0 saturated heterocycles. The van der Waals surface area contributed by atoms with Crippen molar-refractivity contribution in [2.24, 2.45) is 0 Å². The Morgan fingerprint density at radius 2 is 1.90 bits per heavy atom. The molecule has 20 heavy (non-hydrogen) atoms. The molecule has 0 aliphatic heterocycles. The Labute approximate surface area is 116 Å². The van der Waals surface area contributed by atoms with Crippen LogP contribution < -0.4 is 10.5 Å². The average Bonchev–Trinajstić information content (AvgIpc) is 2.32. The maximum atomic E-state index is 13.7. The molecule has 0 atom stereocenters. The molecule has 0 bridgehead atoms. The van der Waals surface area contributed by atoms with Crippen LogP contribution in [0.5, 0.6) is 0 Å². The topological polar surface area (TPSA) is 85.1 Å². The molecule has 0 fully saturated rings. The fourth-order valence-corrected chi connectivity index (χ4v) is 3.11. The van der Waals surface area contributed by atoms with E-state index in [4.69, 9.17) is 5.73 Å². The number of nitrogens with two attached hydrogens (primary N) is 1. The van der Waals surface area contributed by atoms with Gasteiger partial charge in [-0.25, -0.2) is 12.8 Å². The van der Waals surface area contributed by atoms with Gasteiger partial charge in [-0.1, -0.05) is 6.07 Å². The number of anilines is 2. The second kappa shape index (κ2) is 5.09. The predicted octanol–water partition coefficient (Wildman–Crippen LogP) is 2.22. The number of hydrogen-bond donors (Lipinski definition) is 2. The van der Waals surface area contributed by atoms with Gasteiger partial charge in [-0.05, 0) is 38.1 Å². The molecule has 3 N–H and O–H groups in total. The quantitative estimate of drug-likeness (QED) is 0.850. The second-order valence-electron chi connectivity index (χ2n) is 4.35. The van der Waals surface area contributed by atoms with Gasteiger partial charge < -0.3 is 5.73 Å². The van der Waals surface area contributed by atoms with Crippen molar-refractivity contribution in [3.05, 3.63) is 47.5 Å². The molecule has 1 aromatic carbocycles. The Hall–Kier alpha value is -2.15. The number of aromatic nitrogens is 1. The van der Waals surface area contributed by atoms with Crippen LogP contribution in [0.25, 0.3) is 0 Å². The Bertz CT molecular complexity index is 740. The van der Waals surface area contributed by atoms with E-state index in [1.807, 2.05) is 0 Å². The summed E-state index contributed by atoms with van der Waals surface area (Å²) in [6.07, 6.45) is 0. The molecule has 1 heterocycles. The van der Waals surface area contributed by atoms with E-state index in [0.29, 0.717) is 11.4 Å². The van der Waals surface area contributed by atoms with E-state index in [9.17, 15) is 12.8 Å². The lowest BCUT2D eigenvalue weighted by Gasteiger charge is -2.12.